The van der Waals surface area contributed by atoms with Crippen LogP contribution in [0.25, 0.3) is 0 Å². The van der Waals surface area contributed by atoms with Gasteiger partial charge in [0.2, 0.25) is 5.91 Å². The summed E-state index contributed by atoms with van der Waals surface area (Å²) in [6, 6.07) is 4.91. The molecular formula is C17H18F3NO3. The minimum atomic E-state index is -4.45. The normalized spacial score (nSPS) is 23.0. The molecule has 1 aliphatic carbocycles. The van der Waals surface area contributed by atoms with Crippen molar-refractivity contribution in [3.63, 3.8) is 0 Å². The van der Waals surface area contributed by atoms with Crippen LogP contribution in [0, 0.1) is 5.92 Å². The Morgan fingerprint density at radius 1 is 1.25 bits per heavy atom. The average Bonchev–Trinajstić information content (AvgIpc) is 3.35. The van der Waals surface area contributed by atoms with Crippen LogP contribution < -0.4 is 0 Å². The topological polar surface area (TPSA) is 57.6 Å². The van der Waals surface area contributed by atoms with Crippen LogP contribution in [0.3, 0.4) is 0 Å². The molecule has 1 saturated carbocycles. The molecule has 0 aromatic heterocycles. The molecular weight excluding hydrogens is 323 g/mol. The first-order valence-electron chi connectivity index (χ1n) is 7.94. The van der Waals surface area contributed by atoms with E-state index in [9.17, 15) is 22.8 Å². The lowest BCUT2D eigenvalue weighted by atomic mass is 9.90. The van der Waals surface area contributed by atoms with Gasteiger partial charge in [0.25, 0.3) is 0 Å². The number of nitrogens with zero attached hydrogens (tertiary/aromatic N) is 1. The van der Waals surface area contributed by atoms with Gasteiger partial charge in [0.15, 0.2) is 0 Å². The van der Waals surface area contributed by atoms with Crippen LogP contribution in [0.5, 0.6) is 0 Å². The number of carboxylic acid groups (broad SMARTS) is 1. The van der Waals surface area contributed by atoms with E-state index in [0.29, 0.717) is 37.8 Å². The van der Waals surface area contributed by atoms with Crippen LogP contribution in [0.4, 0.5) is 13.2 Å². The van der Waals surface area contributed by atoms with Gasteiger partial charge in [0.05, 0.1) is 16.9 Å². The minimum Gasteiger partial charge on any atom is -0.481 e. The molecule has 2 fully saturated rings. The lowest BCUT2D eigenvalue weighted by molar-refractivity contribution is -0.146. The largest absolute Gasteiger partial charge is 0.481 e. The molecule has 1 aromatic rings. The Labute approximate surface area is 137 Å². The lowest BCUT2D eigenvalue weighted by Gasteiger charge is -2.33. The SMILES string of the molecule is O=C(O)[C@H]1CCCN(C(=O)C2(c3cccc(C(F)(F)F)c3)CC2)C1. The van der Waals surface area contributed by atoms with Gasteiger partial charge in [0.1, 0.15) is 0 Å². The molecule has 1 aliphatic heterocycles. The molecule has 2 aliphatic rings. The molecule has 0 spiro atoms. The maximum atomic E-state index is 12.9. The zero-order valence-electron chi connectivity index (χ0n) is 13.0. The highest BCUT2D eigenvalue weighted by molar-refractivity contribution is 5.91. The number of amides is 1. The van der Waals surface area contributed by atoms with E-state index in [-0.39, 0.29) is 12.5 Å². The number of alkyl halides is 3. The van der Waals surface area contributed by atoms with Gasteiger partial charge < -0.3 is 10.0 Å². The van der Waals surface area contributed by atoms with Crippen LogP contribution in [0.2, 0.25) is 0 Å². The Hall–Kier alpha value is -2.05. The smallest absolute Gasteiger partial charge is 0.416 e. The van der Waals surface area contributed by atoms with Gasteiger partial charge in [-0.25, -0.2) is 0 Å². The fourth-order valence-corrected chi connectivity index (χ4v) is 3.41. The summed E-state index contributed by atoms with van der Waals surface area (Å²) >= 11 is 0. The molecule has 130 valence electrons. The van der Waals surface area contributed by atoms with E-state index in [0.717, 1.165) is 12.1 Å². The van der Waals surface area contributed by atoms with Crippen molar-refractivity contribution in [1.29, 1.82) is 0 Å². The molecule has 0 bridgehead atoms. The Morgan fingerprint density at radius 2 is 1.96 bits per heavy atom. The standard InChI is InChI=1S/C17H18F3NO3/c18-17(19,20)13-5-1-4-12(9-13)16(6-7-16)15(24)21-8-2-3-11(10-21)14(22)23/h1,4-5,9,11H,2-3,6-8,10H2,(H,22,23)/t11-/m0/s1. The van der Waals surface area contributed by atoms with E-state index in [4.69, 9.17) is 5.11 Å². The summed E-state index contributed by atoms with van der Waals surface area (Å²) in [5.74, 6) is -1.77. The summed E-state index contributed by atoms with van der Waals surface area (Å²) in [5.41, 5.74) is -1.30. The second-order valence-corrected chi connectivity index (χ2v) is 6.59. The number of carbonyl (C=O) groups is 2. The Kier molecular flexibility index (Phi) is 4.05. The number of piperidine rings is 1. The van der Waals surface area contributed by atoms with Crippen LogP contribution in [-0.2, 0) is 21.2 Å². The molecule has 1 N–H and O–H groups in total. The Balaban J connectivity index is 1.83. The van der Waals surface area contributed by atoms with E-state index < -0.39 is 29.0 Å². The molecule has 0 radical (unpaired) electrons. The monoisotopic (exact) mass is 341 g/mol. The predicted octanol–water partition coefficient (Wildman–Crippen LogP) is 3.06. The van der Waals surface area contributed by atoms with E-state index in [1.807, 2.05) is 0 Å². The van der Waals surface area contributed by atoms with E-state index in [1.54, 1.807) is 6.07 Å². The number of likely N-dealkylation sites (tertiary alicyclic amines) is 1. The first-order chi connectivity index (χ1) is 11.2. The first-order valence-corrected chi connectivity index (χ1v) is 7.94. The quantitative estimate of drug-likeness (QED) is 0.919. The molecule has 1 amide bonds. The third-order valence-electron chi connectivity index (χ3n) is 4.96. The highest BCUT2D eigenvalue weighted by atomic mass is 19.4. The Morgan fingerprint density at radius 3 is 2.54 bits per heavy atom. The third kappa shape index (κ3) is 2.99. The van der Waals surface area contributed by atoms with Crippen molar-refractivity contribution in [1.82, 2.24) is 4.90 Å². The van der Waals surface area contributed by atoms with Crippen molar-refractivity contribution < 1.29 is 27.9 Å². The molecule has 4 nitrogen and oxygen atoms in total. The predicted molar refractivity (Wildman–Crippen MR) is 79.3 cm³/mol. The van der Waals surface area contributed by atoms with Crippen molar-refractivity contribution in [2.24, 2.45) is 5.92 Å². The highest BCUT2D eigenvalue weighted by Gasteiger charge is 2.54. The number of hydrogen-bond donors (Lipinski definition) is 1. The number of carbonyl (C=O) groups excluding carboxylic acids is 1. The summed E-state index contributed by atoms with van der Waals surface area (Å²) in [6.45, 7) is 0.595. The maximum absolute atomic E-state index is 12.9. The number of carboxylic acids is 1. The molecule has 1 aromatic carbocycles. The number of benzene rings is 1. The van der Waals surface area contributed by atoms with Crippen LogP contribution in [0.15, 0.2) is 24.3 Å². The van der Waals surface area contributed by atoms with E-state index >= 15 is 0 Å². The van der Waals surface area contributed by atoms with Crippen molar-refractivity contribution in [3.05, 3.63) is 35.4 Å². The van der Waals surface area contributed by atoms with Crippen molar-refractivity contribution in [3.8, 4) is 0 Å². The number of rotatable bonds is 3. The minimum absolute atomic E-state index is 0.134. The van der Waals surface area contributed by atoms with Gasteiger partial charge >= 0.3 is 12.1 Å². The highest BCUT2D eigenvalue weighted by Crippen LogP contribution is 2.50. The summed E-state index contributed by atoms with van der Waals surface area (Å²) < 4.78 is 38.7. The summed E-state index contributed by atoms with van der Waals surface area (Å²) in [5, 5.41) is 9.14. The van der Waals surface area contributed by atoms with Crippen LogP contribution >= 0.6 is 0 Å². The molecule has 3 rings (SSSR count). The van der Waals surface area contributed by atoms with E-state index in [1.165, 1.54) is 11.0 Å². The summed E-state index contributed by atoms with van der Waals surface area (Å²) in [6.07, 6.45) is -2.32. The number of hydrogen-bond acceptors (Lipinski definition) is 2. The van der Waals surface area contributed by atoms with Gasteiger partial charge in [-0.3, -0.25) is 9.59 Å². The fraction of sp³-hybridized carbons (Fsp3) is 0.529. The van der Waals surface area contributed by atoms with Gasteiger partial charge in [-0.1, -0.05) is 18.2 Å². The molecule has 0 unspecified atom stereocenters. The molecule has 7 heteroatoms. The van der Waals surface area contributed by atoms with Gasteiger partial charge in [-0.2, -0.15) is 13.2 Å². The van der Waals surface area contributed by atoms with Crippen LogP contribution in [-0.4, -0.2) is 35.0 Å². The molecule has 1 heterocycles. The van der Waals surface area contributed by atoms with Crippen molar-refractivity contribution >= 4 is 11.9 Å². The van der Waals surface area contributed by atoms with Crippen LogP contribution in [0.1, 0.15) is 36.8 Å². The van der Waals surface area contributed by atoms with Gasteiger partial charge in [-0.05, 0) is 37.3 Å². The number of aliphatic carboxylic acids is 1. The zero-order valence-corrected chi connectivity index (χ0v) is 13.0. The Bertz CT molecular complexity index is 667. The average molecular weight is 341 g/mol. The third-order valence-corrected chi connectivity index (χ3v) is 4.96. The van der Waals surface area contributed by atoms with Gasteiger partial charge in [0, 0.05) is 13.1 Å². The van der Waals surface area contributed by atoms with Crippen molar-refractivity contribution in [2.45, 2.75) is 37.3 Å². The fourth-order valence-electron chi connectivity index (χ4n) is 3.41. The lowest BCUT2D eigenvalue weighted by Crippen LogP contribution is -2.46. The van der Waals surface area contributed by atoms with E-state index in [2.05, 4.69) is 0 Å². The number of halogens is 3. The van der Waals surface area contributed by atoms with Crippen molar-refractivity contribution in [2.75, 3.05) is 13.1 Å². The molecule has 1 atom stereocenters. The second kappa shape index (κ2) is 5.79. The first kappa shape index (κ1) is 16.8. The molecule has 1 saturated heterocycles. The molecule has 24 heavy (non-hydrogen) atoms. The second-order valence-electron chi connectivity index (χ2n) is 6.59. The summed E-state index contributed by atoms with van der Waals surface area (Å²) in [7, 11) is 0. The maximum Gasteiger partial charge on any atom is 0.416 e. The summed E-state index contributed by atoms with van der Waals surface area (Å²) in [4.78, 5) is 25.5. The van der Waals surface area contributed by atoms with Gasteiger partial charge in [-0.15, -0.1) is 0 Å². The zero-order chi connectivity index (χ0) is 17.5.